The molecule has 0 N–H and O–H groups in total. The number of rotatable bonds is 5. The Labute approximate surface area is 149 Å². The summed E-state index contributed by atoms with van der Waals surface area (Å²) in [6.07, 6.45) is 5.75. The fourth-order valence-corrected chi connectivity index (χ4v) is 2.57. The van der Waals surface area contributed by atoms with E-state index in [1.54, 1.807) is 36.3 Å². The van der Waals surface area contributed by atoms with E-state index in [0.29, 0.717) is 41.8 Å². The van der Waals surface area contributed by atoms with Crippen LogP contribution in [0.1, 0.15) is 11.5 Å². The van der Waals surface area contributed by atoms with Crippen molar-refractivity contribution in [3.8, 4) is 22.8 Å². The highest BCUT2D eigenvalue weighted by molar-refractivity contribution is 5.59. The fourth-order valence-electron chi connectivity index (χ4n) is 2.57. The molecule has 4 aromatic rings. The summed E-state index contributed by atoms with van der Waals surface area (Å²) in [6, 6.07) is 5.51. The fraction of sp³-hybridized carbons (Fsp3) is 0.235. The topological polar surface area (TPSA) is 104 Å². The van der Waals surface area contributed by atoms with Gasteiger partial charge in [0, 0.05) is 37.7 Å². The third kappa shape index (κ3) is 3.00. The Bertz CT molecular complexity index is 1050. The second-order valence-corrected chi connectivity index (χ2v) is 5.62. The number of hydrogen-bond donors (Lipinski definition) is 0. The number of pyridine rings is 1. The quantitative estimate of drug-likeness (QED) is 0.535. The van der Waals surface area contributed by atoms with Gasteiger partial charge in [-0.15, -0.1) is 15.3 Å². The number of hydrogen-bond acceptors (Lipinski definition) is 8. The molecule has 4 aromatic heterocycles. The molecule has 0 fully saturated rings. The molecule has 0 atom stereocenters. The SMILES string of the molecule is COCCc1nccc(-c2nnc3nc(-c4ccncc4)nn3c2C)n1. The van der Waals surface area contributed by atoms with Crippen LogP contribution in [0.5, 0.6) is 0 Å². The third-order valence-corrected chi connectivity index (χ3v) is 3.91. The van der Waals surface area contributed by atoms with Gasteiger partial charge in [-0.1, -0.05) is 0 Å². The lowest BCUT2D eigenvalue weighted by atomic mass is 10.2. The van der Waals surface area contributed by atoms with Crippen LogP contribution in [0, 0.1) is 6.92 Å². The largest absolute Gasteiger partial charge is 0.384 e. The molecular formula is C17H16N8O. The molecule has 0 radical (unpaired) electrons. The Balaban J connectivity index is 1.76. The summed E-state index contributed by atoms with van der Waals surface area (Å²) in [7, 11) is 1.65. The molecule has 4 heterocycles. The van der Waals surface area contributed by atoms with Crippen LogP contribution >= 0.6 is 0 Å². The van der Waals surface area contributed by atoms with Gasteiger partial charge < -0.3 is 4.74 Å². The van der Waals surface area contributed by atoms with E-state index < -0.39 is 0 Å². The maximum absolute atomic E-state index is 5.08. The van der Waals surface area contributed by atoms with Crippen LogP contribution in [0.2, 0.25) is 0 Å². The zero-order valence-corrected chi connectivity index (χ0v) is 14.4. The number of ether oxygens (including phenoxy) is 1. The molecule has 0 aromatic carbocycles. The van der Waals surface area contributed by atoms with Crippen molar-refractivity contribution in [1.29, 1.82) is 0 Å². The van der Waals surface area contributed by atoms with Crippen molar-refractivity contribution in [1.82, 2.24) is 39.7 Å². The van der Waals surface area contributed by atoms with E-state index in [1.807, 2.05) is 19.1 Å². The molecule has 0 saturated carbocycles. The van der Waals surface area contributed by atoms with Crippen molar-refractivity contribution >= 4 is 5.78 Å². The van der Waals surface area contributed by atoms with Crippen LogP contribution in [0.3, 0.4) is 0 Å². The Kier molecular flexibility index (Phi) is 4.28. The molecule has 4 rings (SSSR count). The standard InChI is InChI=1S/C17H16N8O/c1-11-15(13-5-9-19-14(20-13)6-10-26-2)22-23-17-21-16(24-25(11)17)12-3-7-18-8-4-12/h3-5,7-9H,6,10H2,1-2H3. The van der Waals surface area contributed by atoms with Gasteiger partial charge in [0.2, 0.25) is 0 Å². The normalized spacial score (nSPS) is 11.2. The molecule has 26 heavy (non-hydrogen) atoms. The van der Waals surface area contributed by atoms with Gasteiger partial charge in [0.25, 0.3) is 5.78 Å². The highest BCUT2D eigenvalue weighted by Crippen LogP contribution is 2.20. The lowest BCUT2D eigenvalue weighted by molar-refractivity contribution is 0.200. The molecule has 0 spiro atoms. The molecule has 0 aliphatic rings. The second-order valence-electron chi connectivity index (χ2n) is 5.62. The summed E-state index contributed by atoms with van der Waals surface area (Å²) >= 11 is 0. The van der Waals surface area contributed by atoms with Gasteiger partial charge in [0.1, 0.15) is 11.5 Å². The van der Waals surface area contributed by atoms with Crippen LogP contribution in [0.15, 0.2) is 36.8 Å². The monoisotopic (exact) mass is 348 g/mol. The molecule has 0 aliphatic carbocycles. The first-order chi connectivity index (χ1) is 12.8. The third-order valence-electron chi connectivity index (χ3n) is 3.91. The predicted molar refractivity (Wildman–Crippen MR) is 93.2 cm³/mol. The number of methoxy groups -OCH3 is 1. The van der Waals surface area contributed by atoms with Gasteiger partial charge in [0.05, 0.1) is 18.0 Å². The molecule has 0 saturated heterocycles. The van der Waals surface area contributed by atoms with Crippen molar-refractivity contribution < 1.29 is 4.74 Å². The number of aryl methyl sites for hydroxylation is 1. The maximum Gasteiger partial charge on any atom is 0.272 e. The Morgan fingerprint density at radius 1 is 1.04 bits per heavy atom. The van der Waals surface area contributed by atoms with Crippen molar-refractivity contribution in [3.63, 3.8) is 0 Å². The van der Waals surface area contributed by atoms with E-state index in [1.165, 1.54) is 0 Å². The smallest absolute Gasteiger partial charge is 0.272 e. The lowest BCUT2D eigenvalue weighted by Crippen LogP contribution is -2.06. The summed E-state index contributed by atoms with van der Waals surface area (Å²) in [5.41, 5.74) is 3.01. The molecule has 130 valence electrons. The van der Waals surface area contributed by atoms with Gasteiger partial charge in [-0.25, -0.2) is 9.97 Å². The van der Waals surface area contributed by atoms with E-state index in [2.05, 4.69) is 35.2 Å². The molecule has 9 heteroatoms. The molecule has 0 unspecified atom stereocenters. The van der Waals surface area contributed by atoms with E-state index in [0.717, 1.165) is 11.3 Å². The summed E-state index contributed by atoms with van der Waals surface area (Å²) in [6.45, 7) is 2.48. The van der Waals surface area contributed by atoms with Gasteiger partial charge in [-0.3, -0.25) is 4.98 Å². The molecule has 0 amide bonds. The van der Waals surface area contributed by atoms with Crippen LogP contribution in [0.25, 0.3) is 28.6 Å². The van der Waals surface area contributed by atoms with E-state index in [4.69, 9.17) is 4.74 Å². The van der Waals surface area contributed by atoms with Gasteiger partial charge in [0.15, 0.2) is 5.82 Å². The highest BCUT2D eigenvalue weighted by atomic mass is 16.5. The first kappa shape index (κ1) is 16.2. The van der Waals surface area contributed by atoms with Gasteiger partial charge in [-0.05, 0) is 25.1 Å². The van der Waals surface area contributed by atoms with Crippen molar-refractivity contribution in [2.24, 2.45) is 0 Å². The summed E-state index contributed by atoms with van der Waals surface area (Å²) in [5.74, 6) is 1.71. The lowest BCUT2D eigenvalue weighted by Gasteiger charge is -2.06. The van der Waals surface area contributed by atoms with E-state index in [9.17, 15) is 0 Å². The Morgan fingerprint density at radius 2 is 1.88 bits per heavy atom. The summed E-state index contributed by atoms with van der Waals surface area (Å²) in [5, 5.41) is 13.0. The zero-order valence-electron chi connectivity index (χ0n) is 14.4. The van der Waals surface area contributed by atoms with Gasteiger partial charge >= 0.3 is 0 Å². The minimum Gasteiger partial charge on any atom is -0.384 e. The highest BCUT2D eigenvalue weighted by Gasteiger charge is 2.15. The van der Waals surface area contributed by atoms with Crippen molar-refractivity contribution in [2.75, 3.05) is 13.7 Å². The minimum absolute atomic E-state index is 0.437. The van der Waals surface area contributed by atoms with Crippen LogP contribution in [-0.4, -0.2) is 53.5 Å². The number of fused-ring (bicyclic) bond motifs is 1. The Hall–Kier alpha value is -3.33. The first-order valence-electron chi connectivity index (χ1n) is 8.08. The molecule has 9 nitrogen and oxygen atoms in total. The average molecular weight is 348 g/mol. The summed E-state index contributed by atoms with van der Waals surface area (Å²) in [4.78, 5) is 17.3. The van der Waals surface area contributed by atoms with Crippen LogP contribution in [-0.2, 0) is 11.2 Å². The predicted octanol–water partition coefficient (Wildman–Crippen LogP) is 1.54. The van der Waals surface area contributed by atoms with E-state index in [-0.39, 0.29) is 0 Å². The average Bonchev–Trinajstić information content (AvgIpc) is 3.13. The summed E-state index contributed by atoms with van der Waals surface area (Å²) < 4.78 is 6.76. The number of nitrogens with zero attached hydrogens (tertiary/aromatic N) is 8. The number of aromatic nitrogens is 8. The van der Waals surface area contributed by atoms with Crippen LogP contribution in [0.4, 0.5) is 0 Å². The molecule has 0 bridgehead atoms. The van der Waals surface area contributed by atoms with Crippen LogP contribution < -0.4 is 0 Å². The maximum atomic E-state index is 5.08. The zero-order chi connectivity index (χ0) is 17.9. The Morgan fingerprint density at radius 3 is 2.69 bits per heavy atom. The van der Waals surface area contributed by atoms with Crippen molar-refractivity contribution in [3.05, 3.63) is 48.3 Å². The molecular weight excluding hydrogens is 332 g/mol. The van der Waals surface area contributed by atoms with E-state index >= 15 is 0 Å². The van der Waals surface area contributed by atoms with Gasteiger partial charge in [-0.2, -0.15) is 9.50 Å². The molecule has 0 aliphatic heterocycles. The first-order valence-corrected chi connectivity index (χ1v) is 8.08. The second kappa shape index (κ2) is 6.89. The minimum atomic E-state index is 0.437. The van der Waals surface area contributed by atoms with Crippen molar-refractivity contribution in [2.45, 2.75) is 13.3 Å².